The molecule has 0 aromatic heterocycles. The van der Waals surface area contributed by atoms with Crippen LogP contribution in [-0.4, -0.2) is 94.6 Å². The highest BCUT2D eigenvalue weighted by atomic mass is 32.2. The van der Waals surface area contributed by atoms with E-state index in [0.717, 1.165) is 95.0 Å². The summed E-state index contributed by atoms with van der Waals surface area (Å²) < 4.78 is 0. The van der Waals surface area contributed by atoms with Crippen molar-refractivity contribution in [2.24, 2.45) is 21.5 Å². The first kappa shape index (κ1) is 40.3. The Hall–Kier alpha value is -2.48. The third-order valence-corrected chi connectivity index (χ3v) is 13.2. The number of nitrogens with one attached hydrogen (secondary N) is 4. The fourth-order valence-corrected chi connectivity index (χ4v) is 10.3. The van der Waals surface area contributed by atoms with Gasteiger partial charge < -0.3 is 32.7 Å². The van der Waals surface area contributed by atoms with Crippen molar-refractivity contribution in [1.29, 1.82) is 0 Å². The molecule has 282 valence electrons. The number of nitrogens with two attached hydrogens (primary N) is 2. The molecule has 0 bridgehead atoms. The van der Waals surface area contributed by atoms with Gasteiger partial charge in [-0.3, -0.25) is 19.2 Å². The van der Waals surface area contributed by atoms with E-state index in [-0.39, 0.29) is 23.6 Å². The van der Waals surface area contributed by atoms with Crippen LogP contribution in [0.5, 0.6) is 0 Å². The fraction of sp³-hybridized carbons (Fsp3) is 0.833. The summed E-state index contributed by atoms with van der Waals surface area (Å²) in [5.74, 6) is 3.97. The Morgan fingerprint density at radius 3 is 1.48 bits per heavy atom. The number of aliphatic imine (C=N–C) groups is 2. The minimum absolute atomic E-state index is 0.0389. The van der Waals surface area contributed by atoms with Crippen LogP contribution in [0, 0.1) is 0 Å². The van der Waals surface area contributed by atoms with Crippen LogP contribution in [0.1, 0.15) is 128 Å². The van der Waals surface area contributed by atoms with Gasteiger partial charge in [0.15, 0.2) is 11.9 Å². The Bertz CT molecular complexity index is 1080. The summed E-state index contributed by atoms with van der Waals surface area (Å²) >= 11 is 3.93. The van der Waals surface area contributed by atoms with E-state index in [1.165, 1.54) is 0 Å². The molecule has 0 aliphatic carbocycles. The zero-order valence-corrected chi connectivity index (χ0v) is 31.6. The van der Waals surface area contributed by atoms with E-state index in [1.807, 2.05) is 23.5 Å². The summed E-state index contributed by atoms with van der Waals surface area (Å²) in [6.45, 7) is 1.19. The molecule has 14 heteroatoms. The van der Waals surface area contributed by atoms with Crippen LogP contribution in [0.15, 0.2) is 9.98 Å². The first-order valence-electron chi connectivity index (χ1n) is 19.3. The third kappa shape index (κ3) is 14.6. The fourth-order valence-electron chi connectivity index (χ4n) is 7.30. The van der Waals surface area contributed by atoms with Gasteiger partial charge in [0.25, 0.3) is 0 Å². The zero-order chi connectivity index (χ0) is 35.6. The van der Waals surface area contributed by atoms with Crippen molar-refractivity contribution in [3.63, 3.8) is 0 Å². The van der Waals surface area contributed by atoms with E-state index in [1.54, 1.807) is 0 Å². The Morgan fingerprint density at radius 1 is 0.560 bits per heavy atom. The monoisotopic (exact) mass is 734 g/mol. The molecule has 8 N–H and O–H groups in total. The second kappa shape index (κ2) is 22.5. The van der Waals surface area contributed by atoms with Gasteiger partial charge in [-0.25, -0.2) is 9.98 Å². The lowest BCUT2D eigenvalue weighted by Crippen LogP contribution is -2.38. The van der Waals surface area contributed by atoms with E-state index in [9.17, 15) is 19.2 Å². The second-order valence-electron chi connectivity index (χ2n) is 14.4. The lowest BCUT2D eigenvalue weighted by Gasteiger charge is -2.14. The predicted octanol–water partition coefficient (Wildman–Crippen LogP) is 3.70. The Labute approximate surface area is 307 Å². The maximum absolute atomic E-state index is 12.3. The summed E-state index contributed by atoms with van der Waals surface area (Å²) in [4.78, 5) is 57.8. The highest BCUT2D eigenvalue weighted by Gasteiger charge is 2.41. The van der Waals surface area contributed by atoms with Crippen LogP contribution < -0.4 is 32.7 Å². The molecule has 2 fully saturated rings. The van der Waals surface area contributed by atoms with Gasteiger partial charge in [-0.05, 0) is 57.8 Å². The predicted molar refractivity (Wildman–Crippen MR) is 206 cm³/mol. The molecule has 4 rings (SSSR count). The molecular formula is C36H62N8O4S2. The Kier molecular flexibility index (Phi) is 18.1. The van der Waals surface area contributed by atoms with Crippen molar-refractivity contribution in [3.8, 4) is 0 Å². The van der Waals surface area contributed by atoms with Gasteiger partial charge in [0, 0.05) is 73.6 Å². The molecule has 6 atom stereocenters. The SMILES string of the molecule is NC1=N[C@H]2[C@H](CS[C@H]2CCCCC(=O)CCCCCCC(=O)NCCCC(=O)CCCCCNC(=O)CCCC[C@@H]2SC[C@@H]3NC(N)=N[C@@H]32)N1. The molecule has 0 aromatic carbocycles. The van der Waals surface area contributed by atoms with Crippen LogP contribution in [0.25, 0.3) is 0 Å². The van der Waals surface area contributed by atoms with E-state index in [4.69, 9.17) is 11.5 Å². The highest BCUT2D eigenvalue weighted by Crippen LogP contribution is 2.36. The quantitative estimate of drug-likeness (QED) is 0.0678. The van der Waals surface area contributed by atoms with Crippen molar-refractivity contribution >= 4 is 58.8 Å². The summed E-state index contributed by atoms with van der Waals surface area (Å²) in [6.07, 6.45) is 16.4. The van der Waals surface area contributed by atoms with Gasteiger partial charge in [0.1, 0.15) is 11.6 Å². The van der Waals surface area contributed by atoms with Gasteiger partial charge in [0.2, 0.25) is 11.8 Å². The van der Waals surface area contributed by atoms with Crippen LogP contribution in [-0.2, 0) is 19.2 Å². The maximum Gasteiger partial charge on any atom is 0.219 e. The molecular weight excluding hydrogens is 673 g/mol. The molecule has 2 amide bonds. The average Bonchev–Trinajstić information content (AvgIpc) is 3.85. The minimum atomic E-state index is 0.0389. The Balaban J connectivity index is 0.849. The van der Waals surface area contributed by atoms with Crippen LogP contribution in [0.2, 0.25) is 0 Å². The first-order chi connectivity index (χ1) is 24.3. The van der Waals surface area contributed by atoms with Crippen molar-refractivity contribution in [2.45, 2.75) is 163 Å². The number of ketones is 2. The lowest BCUT2D eigenvalue weighted by atomic mass is 10.0. The maximum atomic E-state index is 12.3. The average molecular weight is 735 g/mol. The summed E-state index contributed by atoms with van der Waals surface area (Å²) in [5.41, 5.74) is 11.6. The number of rotatable bonds is 27. The van der Waals surface area contributed by atoms with Gasteiger partial charge in [-0.15, -0.1) is 0 Å². The molecule has 0 spiro atoms. The van der Waals surface area contributed by atoms with Gasteiger partial charge >= 0.3 is 0 Å². The number of hydrogen-bond acceptors (Lipinski definition) is 12. The molecule has 0 saturated carbocycles. The number of carbonyl (C=O) groups excluding carboxylic acids is 4. The molecule has 4 aliphatic heterocycles. The number of fused-ring (bicyclic) bond motifs is 2. The normalized spacial score (nSPS) is 24.9. The van der Waals surface area contributed by atoms with Gasteiger partial charge in [0.05, 0.1) is 24.2 Å². The number of unbranched alkanes of at least 4 members (excludes halogenated alkanes) is 7. The molecule has 0 radical (unpaired) electrons. The third-order valence-electron chi connectivity index (χ3n) is 10.2. The number of carbonyl (C=O) groups is 4. The van der Waals surface area contributed by atoms with Crippen LogP contribution in [0.3, 0.4) is 0 Å². The Morgan fingerprint density at radius 2 is 0.960 bits per heavy atom. The van der Waals surface area contributed by atoms with Crippen LogP contribution in [0.4, 0.5) is 0 Å². The molecule has 4 heterocycles. The lowest BCUT2D eigenvalue weighted by molar-refractivity contribution is -0.122. The highest BCUT2D eigenvalue weighted by molar-refractivity contribution is 8.00. The van der Waals surface area contributed by atoms with Gasteiger partial charge in [-0.1, -0.05) is 32.1 Å². The minimum Gasteiger partial charge on any atom is -0.370 e. The van der Waals surface area contributed by atoms with Gasteiger partial charge in [-0.2, -0.15) is 23.5 Å². The number of hydrogen-bond donors (Lipinski definition) is 6. The summed E-state index contributed by atoms with van der Waals surface area (Å²) in [6, 6.07) is 1.34. The number of amides is 2. The van der Waals surface area contributed by atoms with Crippen molar-refractivity contribution in [1.82, 2.24) is 21.3 Å². The van der Waals surface area contributed by atoms with E-state index >= 15 is 0 Å². The smallest absolute Gasteiger partial charge is 0.219 e. The van der Waals surface area contributed by atoms with Crippen molar-refractivity contribution < 1.29 is 19.2 Å². The molecule has 2 saturated heterocycles. The largest absolute Gasteiger partial charge is 0.370 e. The van der Waals surface area contributed by atoms with E-state index in [2.05, 4.69) is 31.3 Å². The number of nitrogens with zero attached hydrogens (tertiary/aromatic N) is 2. The zero-order valence-electron chi connectivity index (χ0n) is 29.9. The molecule has 4 aliphatic rings. The molecule has 50 heavy (non-hydrogen) atoms. The second-order valence-corrected chi connectivity index (χ2v) is 16.9. The summed E-state index contributed by atoms with van der Waals surface area (Å²) in [5, 5.41) is 13.4. The van der Waals surface area contributed by atoms with Crippen molar-refractivity contribution in [3.05, 3.63) is 0 Å². The van der Waals surface area contributed by atoms with E-state index < -0.39 is 0 Å². The summed E-state index contributed by atoms with van der Waals surface area (Å²) in [7, 11) is 0. The number of guanidine groups is 2. The standard InChI is InChI=1S/C36H62N8O4S2/c37-35-41-27-23-49-29(33(27)43-35)17-8-7-15-25(45)13-4-1-2-6-19-31(47)40-22-12-16-26(46)14-5-3-11-21-39-32(48)20-10-9-18-30-34-28(24-50-30)42-36(38)44-34/h27-30,33-34H,1-24H2,(H,39,48)(H,40,47)(H3,37,41,43)(H3,38,42,44)/t27-,28-,29-,30-,33-,34-/m0/s1. The first-order valence-corrected chi connectivity index (χ1v) is 21.4. The number of Topliss-reactive ketones (excluding diaryl/α,β-unsaturated/α-hetero) is 2. The number of thioether (sulfide) groups is 2. The molecule has 0 aromatic rings. The molecule has 12 nitrogen and oxygen atoms in total. The van der Waals surface area contributed by atoms with Crippen LogP contribution >= 0.6 is 23.5 Å². The topological polar surface area (TPSA) is 193 Å². The molecule has 0 unspecified atom stereocenters. The van der Waals surface area contributed by atoms with Crippen molar-refractivity contribution in [2.75, 3.05) is 24.6 Å². The van der Waals surface area contributed by atoms with E-state index in [0.29, 0.717) is 104 Å².